The molecule has 1 unspecified atom stereocenters. The normalized spacial score (nSPS) is 17.5. The average molecular weight is 270 g/mol. The van der Waals surface area contributed by atoms with Crippen LogP contribution in [0.4, 0.5) is 0 Å². The fourth-order valence-corrected chi connectivity index (χ4v) is 2.92. The molecule has 1 aromatic heterocycles. The van der Waals surface area contributed by atoms with Crippen molar-refractivity contribution in [3.05, 3.63) is 47.9 Å². The Morgan fingerprint density at radius 3 is 3.05 bits per heavy atom. The van der Waals surface area contributed by atoms with E-state index in [9.17, 15) is 0 Å². The molecular weight excluding hydrogens is 252 g/mol. The number of hydrogen-bond acceptors (Lipinski definition) is 3. The van der Waals surface area contributed by atoms with Crippen LogP contribution in [0, 0.1) is 11.3 Å². The summed E-state index contributed by atoms with van der Waals surface area (Å²) in [5.41, 5.74) is 10.4. The Labute approximate surface area is 118 Å². The van der Waals surface area contributed by atoms with E-state index in [1.54, 1.807) is 12.5 Å². The molecule has 4 nitrogen and oxygen atoms in total. The number of rotatable bonds is 3. The van der Waals surface area contributed by atoms with Gasteiger partial charge in [-0.3, -0.25) is 5.41 Å². The Balaban J connectivity index is 1.81. The van der Waals surface area contributed by atoms with Crippen molar-refractivity contribution < 1.29 is 9.15 Å². The first-order chi connectivity index (χ1) is 9.74. The third-order valence-corrected chi connectivity index (χ3v) is 3.89. The maximum absolute atomic E-state index is 7.13. The zero-order valence-electron chi connectivity index (χ0n) is 11.3. The number of hydrogen-bond donors (Lipinski definition) is 2. The van der Waals surface area contributed by atoms with Gasteiger partial charge < -0.3 is 14.9 Å². The predicted octanol–water partition coefficient (Wildman–Crippen LogP) is 2.96. The summed E-state index contributed by atoms with van der Waals surface area (Å²) >= 11 is 0. The SMILES string of the molecule is N=C(N)OCC1CCc2c(cccc2-c2ccoc2)C1. The van der Waals surface area contributed by atoms with E-state index in [1.807, 2.05) is 6.07 Å². The number of benzene rings is 1. The van der Waals surface area contributed by atoms with Crippen molar-refractivity contribution in [2.24, 2.45) is 11.7 Å². The summed E-state index contributed by atoms with van der Waals surface area (Å²) in [7, 11) is 0. The summed E-state index contributed by atoms with van der Waals surface area (Å²) in [6, 6.07) is 8.23. The monoisotopic (exact) mass is 270 g/mol. The van der Waals surface area contributed by atoms with Gasteiger partial charge in [0.05, 0.1) is 19.1 Å². The van der Waals surface area contributed by atoms with E-state index < -0.39 is 0 Å². The molecule has 1 aromatic carbocycles. The van der Waals surface area contributed by atoms with Crippen LogP contribution in [0.25, 0.3) is 11.1 Å². The van der Waals surface area contributed by atoms with Gasteiger partial charge in [-0.15, -0.1) is 0 Å². The van der Waals surface area contributed by atoms with E-state index in [0.717, 1.165) is 24.8 Å². The van der Waals surface area contributed by atoms with E-state index >= 15 is 0 Å². The maximum atomic E-state index is 7.13. The molecule has 1 aliphatic rings. The van der Waals surface area contributed by atoms with Crippen molar-refractivity contribution in [3.8, 4) is 11.1 Å². The molecule has 0 aliphatic heterocycles. The molecule has 0 radical (unpaired) electrons. The number of fused-ring (bicyclic) bond motifs is 1. The lowest BCUT2D eigenvalue weighted by molar-refractivity contribution is 0.218. The van der Waals surface area contributed by atoms with Crippen LogP contribution >= 0.6 is 0 Å². The van der Waals surface area contributed by atoms with E-state index in [-0.39, 0.29) is 6.02 Å². The second-order valence-electron chi connectivity index (χ2n) is 5.24. The van der Waals surface area contributed by atoms with Crippen molar-refractivity contribution in [1.29, 1.82) is 5.41 Å². The van der Waals surface area contributed by atoms with Gasteiger partial charge in [0.2, 0.25) is 0 Å². The van der Waals surface area contributed by atoms with Gasteiger partial charge >= 0.3 is 0 Å². The van der Waals surface area contributed by atoms with Crippen molar-refractivity contribution >= 4 is 6.02 Å². The zero-order chi connectivity index (χ0) is 13.9. The van der Waals surface area contributed by atoms with Crippen molar-refractivity contribution in [2.75, 3.05) is 6.61 Å². The van der Waals surface area contributed by atoms with Gasteiger partial charge in [0.15, 0.2) is 0 Å². The number of ether oxygens (including phenoxy) is 1. The minimum atomic E-state index is -0.192. The Bertz CT molecular complexity index is 605. The molecule has 0 amide bonds. The zero-order valence-corrected chi connectivity index (χ0v) is 11.3. The summed E-state index contributed by atoms with van der Waals surface area (Å²) in [6.45, 7) is 0.532. The summed E-state index contributed by atoms with van der Waals surface area (Å²) in [5.74, 6) is 0.436. The number of amidine groups is 1. The fraction of sp³-hybridized carbons (Fsp3) is 0.312. The minimum Gasteiger partial charge on any atom is -0.472 e. The lowest BCUT2D eigenvalue weighted by atomic mass is 9.81. The molecule has 4 heteroatoms. The topological polar surface area (TPSA) is 72.2 Å². The van der Waals surface area contributed by atoms with Crippen molar-refractivity contribution in [1.82, 2.24) is 0 Å². The van der Waals surface area contributed by atoms with Gasteiger partial charge in [0.1, 0.15) is 0 Å². The van der Waals surface area contributed by atoms with Crippen LogP contribution in [0.2, 0.25) is 0 Å². The molecule has 0 saturated heterocycles. The van der Waals surface area contributed by atoms with Crippen LogP contribution in [0.5, 0.6) is 0 Å². The van der Waals surface area contributed by atoms with Crippen molar-refractivity contribution in [3.63, 3.8) is 0 Å². The molecule has 0 bridgehead atoms. The number of furan rings is 1. The largest absolute Gasteiger partial charge is 0.472 e. The van der Waals surface area contributed by atoms with E-state index in [4.69, 9.17) is 20.3 Å². The van der Waals surface area contributed by atoms with E-state index in [0.29, 0.717) is 12.5 Å². The minimum absolute atomic E-state index is 0.192. The van der Waals surface area contributed by atoms with Crippen LogP contribution < -0.4 is 5.73 Å². The first kappa shape index (κ1) is 12.8. The van der Waals surface area contributed by atoms with Crippen LogP contribution in [0.1, 0.15) is 17.5 Å². The third kappa shape index (κ3) is 2.54. The molecule has 0 saturated carbocycles. The molecule has 20 heavy (non-hydrogen) atoms. The Morgan fingerprint density at radius 2 is 2.30 bits per heavy atom. The molecule has 1 aliphatic carbocycles. The molecule has 3 rings (SSSR count). The second-order valence-corrected chi connectivity index (χ2v) is 5.24. The quantitative estimate of drug-likeness (QED) is 0.665. The smallest absolute Gasteiger partial charge is 0.279 e. The molecule has 1 atom stereocenters. The predicted molar refractivity (Wildman–Crippen MR) is 77.5 cm³/mol. The fourth-order valence-electron chi connectivity index (χ4n) is 2.92. The molecule has 104 valence electrons. The second kappa shape index (κ2) is 5.41. The standard InChI is InChI=1S/C16H18N2O2/c17-16(18)20-9-11-4-5-15-12(8-11)2-1-3-14(15)13-6-7-19-10-13/h1-3,6-7,10-11H,4-5,8-9H2,(H3,17,18). The van der Waals surface area contributed by atoms with Crippen LogP contribution in [0.3, 0.4) is 0 Å². The summed E-state index contributed by atoms with van der Waals surface area (Å²) < 4.78 is 10.3. The Kier molecular flexibility index (Phi) is 3.46. The van der Waals surface area contributed by atoms with Gasteiger partial charge in [-0.25, -0.2) is 0 Å². The van der Waals surface area contributed by atoms with Crippen LogP contribution in [-0.4, -0.2) is 12.6 Å². The van der Waals surface area contributed by atoms with Gasteiger partial charge in [-0.05, 0) is 47.9 Å². The van der Waals surface area contributed by atoms with Crippen LogP contribution in [-0.2, 0) is 17.6 Å². The first-order valence-electron chi connectivity index (χ1n) is 6.84. The van der Waals surface area contributed by atoms with Crippen LogP contribution in [0.15, 0.2) is 41.2 Å². The Hall–Kier alpha value is -2.23. The highest BCUT2D eigenvalue weighted by molar-refractivity contribution is 5.68. The average Bonchev–Trinajstić information content (AvgIpc) is 2.98. The number of nitrogens with one attached hydrogen (secondary N) is 1. The molecule has 1 heterocycles. The molecule has 3 N–H and O–H groups in total. The summed E-state index contributed by atoms with van der Waals surface area (Å²) in [4.78, 5) is 0. The van der Waals surface area contributed by atoms with E-state index in [1.165, 1.54) is 16.7 Å². The summed E-state index contributed by atoms with van der Waals surface area (Å²) in [6.07, 6.45) is 6.58. The lowest BCUT2D eigenvalue weighted by Gasteiger charge is -2.26. The van der Waals surface area contributed by atoms with Gasteiger partial charge in [-0.2, -0.15) is 0 Å². The van der Waals surface area contributed by atoms with Gasteiger partial charge in [-0.1, -0.05) is 18.2 Å². The molecule has 0 spiro atoms. The molecule has 0 fully saturated rings. The summed E-state index contributed by atoms with van der Waals surface area (Å²) in [5, 5.41) is 7.13. The highest BCUT2D eigenvalue weighted by atomic mass is 16.5. The molecular formula is C16H18N2O2. The highest BCUT2D eigenvalue weighted by Gasteiger charge is 2.22. The first-order valence-corrected chi connectivity index (χ1v) is 6.84. The van der Waals surface area contributed by atoms with Crippen molar-refractivity contribution in [2.45, 2.75) is 19.3 Å². The number of nitrogens with two attached hydrogens (primary N) is 1. The van der Waals surface area contributed by atoms with Gasteiger partial charge in [0.25, 0.3) is 6.02 Å². The van der Waals surface area contributed by atoms with E-state index in [2.05, 4.69) is 18.2 Å². The third-order valence-electron chi connectivity index (χ3n) is 3.89. The lowest BCUT2D eigenvalue weighted by Crippen LogP contribution is -2.24. The maximum Gasteiger partial charge on any atom is 0.279 e. The Morgan fingerprint density at radius 1 is 1.40 bits per heavy atom. The highest BCUT2D eigenvalue weighted by Crippen LogP contribution is 2.33. The van der Waals surface area contributed by atoms with Gasteiger partial charge in [0, 0.05) is 5.56 Å². The molecule has 2 aromatic rings.